The molecule has 0 amide bonds. The van der Waals surface area contributed by atoms with E-state index in [0.29, 0.717) is 11.1 Å². The summed E-state index contributed by atoms with van der Waals surface area (Å²) in [6, 6.07) is 12.0. The van der Waals surface area contributed by atoms with E-state index in [2.05, 4.69) is 16.0 Å². The van der Waals surface area contributed by atoms with Crippen LogP contribution in [0, 0.1) is 0 Å². The van der Waals surface area contributed by atoms with Gasteiger partial charge >= 0.3 is 0 Å². The number of hydrogen-bond acceptors (Lipinski definition) is 5. The van der Waals surface area contributed by atoms with Gasteiger partial charge in [-0.05, 0) is 41.8 Å². The van der Waals surface area contributed by atoms with Crippen LogP contribution in [0.15, 0.2) is 42.6 Å². The predicted molar refractivity (Wildman–Crippen MR) is 88.9 cm³/mol. The minimum Gasteiger partial charge on any atom is -0.431 e. The third-order valence-electron chi connectivity index (χ3n) is 3.02. The monoisotopic (exact) mass is 332 g/mol. The zero-order valence-electron chi connectivity index (χ0n) is 10.7. The van der Waals surface area contributed by atoms with Crippen molar-refractivity contribution in [1.82, 2.24) is 9.97 Å². The third-order valence-corrected chi connectivity index (χ3v) is 5.46. The maximum Gasteiger partial charge on any atom is 0.281 e. The Kier molecular flexibility index (Phi) is 3.25. The number of hydrogen-bond donors (Lipinski definition) is 0. The average molecular weight is 333 g/mol. The van der Waals surface area contributed by atoms with Crippen LogP contribution < -0.4 is 4.74 Å². The highest BCUT2D eigenvalue weighted by Crippen LogP contribution is 2.34. The molecule has 6 heteroatoms. The number of nitrogens with zero attached hydrogens (tertiary/aromatic N) is 2. The van der Waals surface area contributed by atoms with E-state index >= 15 is 0 Å². The predicted octanol–water partition coefficient (Wildman–Crippen LogP) is 5.44. The number of pyridine rings is 1. The molecule has 3 aromatic heterocycles. The second-order valence-electron chi connectivity index (χ2n) is 4.45. The molecule has 0 radical (unpaired) electrons. The first-order valence-electron chi connectivity index (χ1n) is 6.30. The minimum atomic E-state index is 0.541. The maximum atomic E-state index is 5.88. The molecular weight excluding hydrogens is 324 g/mol. The molecule has 0 atom stereocenters. The van der Waals surface area contributed by atoms with Gasteiger partial charge in [-0.2, -0.15) is 4.98 Å². The quantitative estimate of drug-likeness (QED) is 0.469. The molecule has 0 spiro atoms. The highest BCUT2D eigenvalue weighted by molar-refractivity contribution is 7.20. The van der Waals surface area contributed by atoms with E-state index in [1.807, 2.05) is 30.3 Å². The van der Waals surface area contributed by atoms with Gasteiger partial charge in [-0.1, -0.05) is 11.3 Å². The van der Waals surface area contributed by atoms with Crippen LogP contribution in [-0.2, 0) is 5.88 Å². The fraction of sp³-hybridized carbons (Fsp3) is 0.0667. The summed E-state index contributed by atoms with van der Waals surface area (Å²) >= 11 is 9.06. The summed E-state index contributed by atoms with van der Waals surface area (Å²) in [5.41, 5.74) is 0.721. The number of ether oxygens (including phenoxy) is 1. The summed E-state index contributed by atoms with van der Waals surface area (Å²) in [7, 11) is 0. The first kappa shape index (κ1) is 13.0. The molecule has 4 rings (SSSR count). The molecule has 0 N–H and O–H groups in total. The van der Waals surface area contributed by atoms with Crippen molar-refractivity contribution in [2.24, 2.45) is 0 Å². The van der Waals surface area contributed by atoms with E-state index in [4.69, 9.17) is 16.3 Å². The van der Waals surface area contributed by atoms with Crippen molar-refractivity contribution in [3.05, 3.63) is 47.5 Å². The minimum absolute atomic E-state index is 0.541. The largest absolute Gasteiger partial charge is 0.431 e. The Morgan fingerprint density at radius 3 is 2.90 bits per heavy atom. The molecule has 0 aliphatic rings. The summed E-state index contributed by atoms with van der Waals surface area (Å²) in [6.45, 7) is 0. The second-order valence-corrected chi connectivity index (χ2v) is 6.88. The molecule has 0 fully saturated rings. The molecular formula is C15H9ClN2OS2. The number of aromatic nitrogens is 2. The lowest BCUT2D eigenvalue weighted by atomic mass is 10.2. The summed E-state index contributed by atoms with van der Waals surface area (Å²) in [4.78, 5) is 9.75. The van der Waals surface area contributed by atoms with Crippen molar-refractivity contribution in [2.75, 3.05) is 0 Å². The standard InChI is InChI=1S/C15H9ClN2OS2/c16-8-11-6-9-3-4-10(7-13(9)20-11)19-15-18-14-12(21-15)2-1-5-17-14/h1-7H,8H2. The van der Waals surface area contributed by atoms with Crippen molar-refractivity contribution >= 4 is 54.7 Å². The van der Waals surface area contributed by atoms with Gasteiger partial charge in [0.15, 0.2) is 5.65 Å². The lowest BCUT2D eigenvalue weighted by Crippen LogP contribution is -1.82. The number of fused-ring (bicyclic) bond motifs is 2. The van der Waals surface area contributed by atoms with Crippen molar-refractivity contribution in [3.63, 3.8) is 0 Å². The van der Waals surface area contributed by atoms with E-state index < -0.39 is 0 Å². The summed E-state index contributed by atoms with van der Waals surface area (Å²) in [5.74, 6) is 1.32. The number of alkyl halides is 1. The van der Waals surface area contributed by atoms with Crippen molar-refractivity contribution in [2.45, 2.75) is 5.88 Å². The lowest BCUT2D eigenvalue weighted by Gasteiger charge is -2.00. The van der Waals surface area contributed by atoms with E-state index in [9.17, 15) is 0 Å². The fourth-order valence-corrected chi connectivity index (χ4v) is 4.07. The van der Waals surface area contributed by atoms with E-state index in [1.165, 1.54) is 21.4 Å². The summed E-state index contributed by atoms with van der Waals surface area (Å²) in [6.07, 6.45) is 1.73. The molecule has 3 nitrogen and oxygen atoms in total. The Bertz CT molecular complexity index is 899. The Hall–Kier alpha value is -1.69. The van der Waals surface area contributed by atoms with Gasteiger partial charge in [0.1, 0.15) is 5.75 Å². The van der Waals surface area contributed by atoms with Crippen molar-refractivity contribution in [1.29, 1.82) is 0 Å². The van der Waals surface area contributed by atoms with Gasteiger partial charge < -0.3 is 4.74 Å². The summed E-state index contributed by atoms with van der Waals surface area (Å²) in [5, 5.41) is 1.80. The van der Waals surface area contributed by atoms with Crippen LogP contribution in [0.3, 0.4) is 0 Å². The Morgan fingerprint density at radius 2 is 2.05 bits per heavy atom. The molecule has 0 saturated carbocycles. The molecule has 1 aromatic carbocycles. The topological polar surface area (TPSA) is 35.0 Å². The molecule has 0 unspecified atom stereocenters. The number of rotatable bonds is 3. The zero-order valence-corrected chi connectivity index (χ0v) is 13.1. The SMILES string of the molecule is ClCc1cc2ccc(Oc3nc4ncccc4s3)cc2s1. The van der Waals surface area contributed by atoms with Gasteiger partial charge in [-0.25, -0.2) is 4.98 Å². The van der Waals surface area contributed by atoms with E-state index in [1.54, 1.807) is 17.5 Å². The molecule has 104 valence electrons. The number of halogens is 1. The third kappa shape index (κ3) is 2.48. The van der Waals surface area contributed by atoms with Gasteiger partial charge in [-0.15, -0.1) is 22.9 Å². The first-order valence-corrected chi connectivity index (χ1v) is 8.46. The Labute approximate surface area is 133 Å². The van der Waals surface area contributed by atoms with Crippen LogP contribution in [-0.4, -0.2) is 9.97 Å². The van der Waals surface area contributed by atoms with Crippen LogP contribution in [0.2, 0.25) is 0 Å². The maximum absolute atomic E-state index is 5.88. The number of thiophene rings is 1. The van der Waals surface area contributed by atoms with Crippen LogP contribution >= 0.6 is 34.3 Å². The number of benzene rings is 1. The van der Waals surface area contributed by atoms with Gasteiger partial charge in [0.05, 0.1) is 10.6 Å². The molecule has 0 aliphatic carbocycles. The van der Waals surface area contributed by atoms with Crippen molar-refractivity contribution in [3.8, 4) is 10.9 Å². The Morgan fingerprint density at radius 1 is 1.10 bits per heavy atom. The first-order chi connectivity index (χ1) is 10.3. The lowest BCUT2D eigenvalue weighted by molar-refractivity contribution is 0.481. The highest BCUT2D eigenvalue weighted by Gasteiger charge is 2.08. The fourth-order valence-electron chi connectivity index (χ4n) is 2.09. The zero-order chi connectivity index (χ0) is 14.2. The smallest absolute Gasteiger partial charge is 0.281 e. The average Bonchev–Trinajstić information content (AvgIpc) is 3.09. The van der Waals surface area contributed by atoms with E-state index in [-0.39, 0.29) is 0 Å². The molecule has 4 aromatic rings. The molecule has 21 heavy (non-hydrogen) atoms. The van der Waals surface area contributed by atoms with Crippen LogP contribution in [0.5, 0.6) is 10.9 Å². The van der Waals surface area contributed by atoms with Gasteiger partial charge in [0.2, 0.25) is 0 Å². The van der Waals surface area contributed by atoms with Crippen LogP contribution in [0.1, 0.15) is 4.88 Å². The van der Waals surface area contributed by atoms with Crippen LogP contribution in [0.25, 0.3) is 20.4 Å². The molecule has 0 aliphatic heterocycles. The molecule has 0 bridgehead atoms. The number of thiazole rings is 1. The van der Waals surface area contributed by atoms with Gasteiger partial charge in [0.25, 0.3) is 5.19 Å². The normalized spacial score (nSPS) is 11.3. The van der Waals surface area contributed by atoms with Gasteiger partial charge in [0, 0.05) is 15.8 Å². The molecule has 0 saturated heterocycles. The second kappa shape index (κ2) is 5.26. The molecule has 3 heterocycles. The highest BCUT2D eigenvalue weighted by atomic mass is 35.5. The van der Waals surface area contributed by atoms with E-state index in [0.717, 1.165) is 21.0 Å². The van der Waals surface area contributed by atoms with Crippen molar-refractivity contribution < 1.29 is 4.74 Å². The van der Waals surface area contributed by atoms with Crippen LogP contribution in [0.4, 0.5) is 0 Å². The summed E-state index contributed by atoms with van der Waals surface area (Å²) < 4.78 is 8.05. The Balaban J connectivity index is 1.69. The van der Waals surface area contributed by atoms with Gasteiger partial charge in [-0.3, -0.25) is 0 Å².